The number of carbonyl (C=O) groups is 1. The summed E-state index contributed by atoms with van der Waals surface area (Å²) in [5.41, 5.74) is 0.476. The zero-order valence-electron chi connectivity index (χ0n) is 18.7. The molecule has 176 valence electrons. The molecule has 0 bridgehead atoms. The number of rotatable bonds is 8. The molecule has 0 N–H and O–H groups in total. The van der Waals surface area contributed by atoms with Crippen molar-refractivity contribution in [3.8, 4) is 5.75 Å². The highest BCUT2D eigenvalue weighted by atomic mass is 16.5. The lowest BCUT2D eigenvalue weighted by Gasteiger charge is -2.14. The van der Waals surface area contributed by atoms with Crippen molar-refractivity contribution in [2.24, 2.45) is 0 Å². The van der Waals surface area contributed by atoms with E-state index in [4.69, 9.17) is 18.4 Å². The number of para-hydroxylation sites is 2. The highest BCUT2D eigenvalue weighted by Gasteiger charge is 2.18. The lowest BCUT2D eigenvalue weighted by atomic mass is 10.2. The van der Waals surface area contributed by atoms with Crippen molar-refractivity contribution in [1.82, 2.24) is 19.7 Å². The molecule has 0 radical (unpaired) electrons. The van der Waals surface area contributed by atoms with Crippen LogP contribution in [0.3, 0.4) is 0 Å². The minimum absolute atomic E-state index is 0.0244. The van der Waals surface area contributed by atoms with Crippen LogP contribution < -0.4 is 10.3 Å². The summed E-state index contributed by atoms with van der Waals surface area (Å²) in [6.45, 7) is 1.63. The van der Waals surface area contributed by atoms with Gasteiger partial charge in [-0.2, -0.15) is 4.98 Å². The van der Waals surface area contributed by atoms with E-state index in [0.717, 1.165) is 0 Å². The number of nitrogens with zero attached hydrogens (tertiary/aromatic N) is 4. The normalized spacial score (nSPS) is 11.0. The summed E-state index contributed by atoms with van der Waals surface area (Å²) in [5.74, 6) is 1.32. The molecule has 0 saturated carbocycles. The Kier molecular flexibility index (Phi) is 6.08. The molecule has 5 aromatic rings. The Morgan fingerprint density at radius 1 is 1.00 bits per heavy atom. The Balaban J connectivity index is 1.38. The number of hydrogen-bond donors (Lipinski definition) is 0. The molecule has 0 saturated heterocycles. The Morgan fingerprint density at radius 2 is 1.83 bits per heavy atom. The van der Waals surface area contributed by atoms with E-state index >= 15 is 0 Å². The standard InChI is InChI=1S/C25H20N4O6/c1-16-26-22(28-35-16)14-33-21-11-5-3-9-19(21)25(31)34-15-23-27-20-10-4-2-8-18(20)24(30)29(23)13-17-7-6-12-32-17/h2-12H,13-15H2,1H3. The molecule has 0 fully saturated rings. The number of furan rings is 1. The maximum absolute atomic E-state index is 13.2. The van der Waals surface area contributed by atoms with Crippen molar-refractivity contribution in [2.75, 3.05) is 0 Å². The molecule has 0 aliphatic heterocycles. The summed E-state index contributed by atoms with van der Waals surface area (Å²) < 4.78 is 23.0. The van der Waals surface area contributed by atoms with Crippen molar-refractivity contribution in [3.05, 3.63) is 106 Å². The fraction of sp³-hybridized carbons (Fsp3) is 0.160. The summed E-state index contributed by atoms with van der Waals surface area (Å²) in [5, 5.41) is 4.24. The van der Waals surface area contributed by atoms with Gasteiger partial charge in [0.05, 0.1) is 23.7 Å². The molecular formula is C25H20N4O6. The molecule has 0 spiro atoms. The van der Waals surface area contributed by atoms with Gasteiger partial charge in [-0.1, -0.05) is 29.4 Å². The topological polar surface area (TPSA) is 122 Å². The van der Waals surface area contributed by atoms with Gasteiger partial charge in [0.1, 0.15) is 23.7 Å². The van der Waals surface area contributed by atoms with Crippen LogP contribution in [0.1, 0.15) is 33.7 Å². The summed E-state index contributed by atoms with van der Waals surface area (Å²) >= 11 is 0. The fourth-order valence-electron chi connectivity index (χ4n) is 3.56. The van der Waals surface area contributed by atoms with Crippen molar-refractivity contribution >= 4 is 16.9 Å². The molecule has 0 unspecified atom stereocenters. The third-order valence-corrected chi connectivity index (χ3v) is 5.20. The van der Waals surface area contributed by atoms with Crippen LogP contribution >= 0.6 is 0 Å². The first kappa shape index (κ1) is 22.1. The number of fused-ring (bicyclic) bond motifs is 1. The first-order valence-corrected chi connectivity index (χ1v) is 10.8. The van der Waals surface area contributed by atoms with Crippen LogP contribution in [0.15, 0.2) is 80.7 Å². The van der Waals surface area contributed by atoms with Crippen LogP contribution in [0, 0.1) is 6.92 Å². The van der Waals surface area contributed by atoms with Gasteiger partial charge in [0.25, 0.3) is 5.56 Å². The monoisotopic (exact) mass is 472 g/mol. The van der Waals surface area contributed by atoms with E-state index in [-0.39, 0.29) is 30.9 Å². The van der Waals surface area contributed by atoms with Crippen LogP contribution in [-0.2, 0) is 24.5 Å². The number of ether oxygens (including phenoxy) is 2. The van der Waals surface area contributed by atoms with E-state index in [2.05, 4.69) is 15.1 Å². The van der Waals surface area contributed by atoms with Gasteiger partial charge in [0, 0.05) is 6.92 Å². The predicted octanol–water partition coefficient (Wildman–Crippen LogP) is 3.67. The average Bonchev–Trinajstić information content (AvgIpc) is 3.55. The Bertz CT molecular complexity index is 1540. The van der Waals surface area contributed by atoms with E-state index in [0.29, 0.717) is 40.0 Å². The SMILES string of the molecule is Cc1nc(COc2ccccc2C(=O)OCc2nc3ccccc3c(=O)n2Cc2ccco2)no1. The molecule has 0 aliphatic carbocycles. The number of aromatic nitrogens is 4. The molecule has 3 aromatic heterocycles. The van der Waals surface area contributed by atoms with Gasteiger partial charge in [-0.25, -0.2) is 9.78 Å². The van der Waals surface area contributed by atoms with Crippen molar-refractivity contribution in [2.45, 2.75) is 26.7 Å². The maximum Gasteiger partial charge on any atom is 0.342 e. The Hall–Kier alpha value is -4.73. The average molecular weight is 472 g/mol. The third kappa shape index (κ3) is 4.81. The number of benzene rings is 2. The van der Waals surface area contributed by atoms with Gasteiger partial charge >= 0.3 is 5.97 Å². The fourth-order valence-corrected chi connectivity index (χ4v) is 3.56. The number of aryl methyl sites for hydroxylation is 1. The Labute approximate surface area is 198 Å². The molecule has 0 atom stereocenters. The van der Waals surface area contributed by atoms with Gasteiger partial charge in [-0.3, -0.25) is 9.36 Å². The third-order valence-electron chi connectivity index (χ3n) is 5.20. The molecular weight excluding hydrogens is 452 g/mol. The molecule has 2 aromatic carbocycles. The number of carbonyl (C=O) groups excluding carboxylic acids is 1. The minimum atomic E-state index is -0.628. The summed E-state index contributed by atoms with van der Waals surface area (Å²) in [7, 11) is 0. The molecule has 35 heavy (non-hydrogen) atoms. The van der Waals surface area contributed by atoms with Crippen LogP contribution in [0.4, 0.5) is 0 Å². The highest BCUT2D eigenvalue weighted by molar-refractivity contribution is 5.92. The van der Waals surface area contributed by atoms with E-state index in [1.165, 1.54) is 10.8 Å². The van der Waals surface area contributed by atoms with Crippen LogP contribution in [0.25, 0.3) is 10.9 Å². The molecule has 3 heterocycles. The van der Waals surface area contributed by atoms with Gasteiger partial charge in [-0.05, 0) is 36.4 Å². The lowest BCUT2D eigenvalue weighted by Crippen LogP contribution is -2.26. The van der Waals surface area contributed by atoms with E-state index in [1.54, 1.807) is 67.6 Å². The minimum Gasteiger partial charge on any atom is -0.485 e. The number of esters is 1. The van der Waals surface area contributed by atoms with Gasteiger partial charge in [0.2, 0.25) is 11.7 Å². The van der Waals surface area contributed by atoms with Crippen molar-refractivity contribution in [1.29, 1.82) is 0 Å². The first-order valence-electron chi connectivity index (χ1n) is 10.8. The second-order valence-corrected chi connectivity index (χ2v) is 7.61. The molecule has 5 rings (SSSR count). The summed E-state index contributed by atoms with van der Waals surface area (Å²) in [6.07, 6.45) is 1.53. The summed E-state index contributed by atoms with van der Waals surface area (Å²) in [4.78, 5) is 34.8. The lowest BCUT2D eigenvalue weighted by molar-refractivity contribution is 0.0451. The van der Waals surface area contributed by atoms with E-state index < -0.39 is 5.97 Å². The van der Waals surface area contributed by atoms with E-state index in [9.17, 15) is 9.59 Å². The smallest absolute Gasteiger partial charge is 0.342 e. The largest absolute Gasteiger partial charge is 0.485 e. The second-order valence-electron chi connectivity index (χ2n) is 7.61. The zero-order valence-corrected chi connectivity index (χ0v) is 18.7. The van der Waals surface area contributed by atoms with Gasteiger partial charge in [-0.15, -0.1) is 0 Å². The predicted molar refractivity (Wildman–Crippen MR) is 123 cm³/mol. The van der Waals surface area contributed by atoms with Crippen molar-refractivity contribution in [3.63, 3.8) is 0 Å². The zero-order chi connectivity index (χ0) is 24.2. The van der Waals surface area contributed by atoms with Gasteiger partial charge < -0.3 is 18.4 Å². The quantitative estimate of drug-likeness (QED) is 0.311. The molecule has 0 amide bonds. The van der Waals surface area contributed by atoms with Gasteiger partial charge in [0.15, 0.2) is 12.4 Å². The molecule has 10 heteroatoms. The van der Waals surface area contributed by atoms with Crippen molar-refractivity contribution < 1.29 is 23.2 Å². The second kappa shape index (κ2) is 9.64. The molecule has 0 aliphatic rings. The van der Waals surface area contributed by atoms with Crippen LogP contribution in [0.2, 0.25) is 0 Å². The molecule has 10 nitrogen and oxygen atoms in total. The highest BCUT2D eigenvalue weighted by Crippen LogP contribution is 2.21. The van der Waals surface area contributed by atoms with Crippen LogP contribution in [0.5, 0.6) is 5.75 Å². The number of hydrogen-bond acceptors (Lipinski definition) is 9. The maximum atomic E-state index is 13.2. The Morgan fingerprint density at radius 3 is 2.63 bits per heavy atom. The van der Waals surface area contributed by atoms with E-state index in [1.807, 2.05) is 0 Å². The summed E-state index contributed by atoms with van der Waals surface area (Å²) in [6, 6.07) is 17.2. The first-order chi connectivity index (χ1) is 17.1. The van der Waals surface area contributed by atoms with Crippen LogP contribution in [-0.4, -0.2) is 25.7 Å².